The van der Waals surface area contributed by atoms with Gasteiger partial charge in [-0.15, -0.1) is 0 Å². The molecule has 0 aromatic heterocycles. The van der Waals surface area contributed by atoms with Gasteiger partial charge in [-0.05, 0) is 59.3 Å². The Hall–Kier alpha value is 0.200. The molecule has 214 valence electrons. The number of ether oxygens (including phenoxy) is 1. The average molecular weight is 595 g/mol. The van der Waals surface area contributed by atoms with Crippen LogP contribution in [0.2, 0.25) is 0 Å². The van der Waals surface area contributed by atoms with E-state index < -0.39 is 52.8 Å². The zero-order valence-corrected chi connectivity index (χ0v) is 25.3. The maximum Gasteiger partial charge on any atom is 0.295 e. The molecule has 2 aliphatic carbocycles. The molecule has 0 radical (unpaired) electrons. The van der Waals surface area contributed by atoms with Crippen molar-refractivity contribution < 1.29 is 43.6 Å². The summed E-state index contributed by atoms with van der Waals surface area (Å²) >= 11 is 0. The van der Waals surface area contributed by atoms with Gasteiger partial charge in [-0.25, -0.2) is 0 Å². The average Bonchev–Trinajstić information content (AvgIpc) is 2.82. The first-order valence-electron chi connectivity index (χ1n) is 13.1. The molecule has 2 rings (SSSR count). The molecule has 0 aromatic carbocycles. The maximum absolute atomic E-state index is 12.6. The van der Waals surface area contributed by atoms with E-state index in [0.717, 1.165) is 38.5 Å². The molecule has 0 heterocycles. The fraction of sp³-hybridized carbons (Fsp3) is 1.00. The van der Waals surface area contributed by atoms with Gasteiger partial charge in [-0.2, -0.15) is 16.8 Å². The molecule has 2 fully saturated rings. The molecule has 5 unspecified atom stereocenters. The lowest BCUT2D eigenvalue weighted by Gasteiger charge is -2.24. The van der Waals surface area contributed by atoms with Crippen LogP contribution in [0.3, 0.4) is 0 Å². The highest BCUT2D eigenvalue weighted by Crippen LogP contribution is 2.34. The summed E-state index contributed by atoms with van der Waals surface area (Å²) in [7, 11) is -12.7. The first-order valence-corrected chi connectivity index (χ1v) is 19.3. The van der Waals surface area contributed by atoms with Crippen LogP contribution in [0.15, 0.2) is 0 Å². The Morgan fingerprint density at radius 3 is 1.64 bits per heavy atom. The third kappa shape index (κ3) is 11.5. The summed E-state index contributed by atoms with van der Waals surface area (Å²) in [4.78, 5) is 0. The first kappa shape index (κ1) is 32.4. The Balaban J connectivity index is 1.65. The van der Waals surface area contributed by atoms with Gasteiger partial charge in [-0.1, -0.05) is 38.5 Å². The smallest absolute Gasteiger partial charge is 0.295 e. The molecule has 0 bridgehead atoms. The van der Waals surface area contributed by atoms with Crippen molar-refractivity contribution in [3.8, 4) is 0 Å². The minimum Gasteiger partial charge on any atom is -0.350 e. The SMILES string of the molecule is CC(OC(C)S(=O)(=O)OC1CCCCC1)[PH](=O)CCCC[PH](=O)OC(C)S(=O)(=O)OC1CCCCC1. The van der Waals surface area contributed by atoms with Crippen LogP contribution in [0.4, 0.5) is 0 Å². The van der Waals surface area contributed by atoms with Crippen LogP contribution in [-0.2, 0) is 47.0 Å². The lowest BCUT2D eigenvalue weighted by atomic mass is 9.98. The van der Waals surface area contributed by atoms with E-state index in [4.69, 9.17) is 17.6 Å². The minimum absolute atomic E-state index is 0.165. The zero-order valence-electron chi connectivity index (χ0n) is 21.7. The Morgan fingerprint density at radius 1 is 0.694 bits per heavy atom. The second kappa shape index (κ2) is 15.7. The van der Waals surface area contributed by atoms with Crippen molar-refractivity contribution >= 4 is 36.1 Å². The highest BCUT2D eigenvalue weighted by Gasteiger charge is 2.31. The molecule has 10 nitrogen and oxygen atoms in total. The minimum atomic E-state index is -3.96. The Bertz CT molecular complexity index is 913. The van der Waals surface area contributed by atoms with Gasteiger partial charge in [0.2, 0.25) is 0 Å². The Morgan fingerprint density at radius 2 is 1.14 bits per heavy atom. The maximum atomic E-state index is 12.6. The summed E-state index contributed by atoms with van der Waals surface area (Å²) in [6.45, 7) is 4.30. The molecule has 0 saturated heterocycles. The molecule has 14 heteroatoms. The van der Waals surface area contributed by atoms with E-state index in [2.05, 4.69) is 0 Å². The van der Waals surface area contributed by atoms with Crippen LogP contribution in [-0.4, -0.2) is 58.1 Å². The van der Waals surface area contributed by atoms with E-state index >= 15 is 0 Å². The van der Waals surface area contributed by atoms with E-state index in [1.807, 2.05) is 0 Å². The largest absolute Gasteiger partial charge is 0.350 e. The number of hydrogen-bond donors (Lipinski definition) is 0. The predicted molar refractivity (Wildman–Crippen MR) is 141 cm³/mol. The second-order valence-electron chi connectivity index (χ2n) is 9.77. The van der Waals surface area contributed by atoms with Crippen molar-refractivity contribution in [2.45, 2.75) is 127 Å². The summed E-state index contributed by atoms with van der Waals surface area (Å²) in [6.07, 6.45) is 9.45. The van der Waals surface area contributed by atoms with Crippen LogP contribution in [0.25, 0.3) is 0 Å². The quantitative estimate of drug-likeness (QED) is 0.133. The molecule has 36 heavy (non-hydrogen) atoms. The lowest BCUT2D eigenvalue weighted by Crippen LogP contribution is -2.31. The second-order valence-corrected chi connectivity index (χ2v) is 17.2. The zero-order chi connectivity index (χ0) is 26.8. The van der Waals surface area contributed by atoms with Crippen LogP contribution >= 0.6 is 15.8 Å². The number of unbranched alkanes of at least 4 members (excludes halogenated alkanes) is 1. The summed E-state index contributed by atoms with van der Waals surface area (Å²) < 4.78 is 95.6. The topological polar surface area (TPSA) is 139 Å². The van der Waals surface area contributed by atoms with Gasteiger partial charge in [0, 0.05) is 12.3 Å². The van der Waals surface area contributed by atoms with Gasteiger partial charge in [0.1, 0.15) is 13.6 Å². The lowest BCUT2D eigenvalue weighted by molar-refractivity contribution is 0.0785. The van der Waals surface area contributed by atoms with Gasteiger partial charge in [0.25, 0.3) is 20.2 Å². The van der Waals surface area contributed by atoms with E-state index in [0.29, 0.717) is 44.7 Å². The third-order valence-electron chi connectivity index (χ3n) is 6.66. The molecule has 0 aromatic rings. The van der Waals surface area contributed by atoms with Gasteiger partial charge < -0.3 is 13.8 Å². The Kier molecular flexibility index (Phi) is 14.1. The molecule has 0 amide bonds. The summed E-state index contributed by atoms with van der Waals surface area (Å²) in [5.74, 6) is -0.745. The van der Waals surface area contributed by atoms with E-state index in [-0.39, 0.29) is 18.4 Å². The van der Waals surface area contributed by atoms with Crippen molar-refractivity contribution in [1.29, 1.82) is 0 Å². The van der Waals surface area contributed by atoms with Gasteiger partial charge in [-0.3, -0.25) is 12.9 Å². The summed E-state index contributed by atoms with van der Waals surface area (Å²) in [6, 6.07) is 0. The Labute approximate surface area is 218 Å². The van der Waals surface area contributed by atoms with E-state index in [1.54, 1.807) is 6.92 Å². The predicted octanol–water partition coefficient (Wildman–Crippen LogP) is 5.23. The van der Waals surface area contributed by atoms with Crippen molar-refractivity contribution in [2.24, 2.45) is 0 Å². The molecule has 0 spiro atoms. The van der Waals surface area contributed by atoms with Crippen LogP contribution in [0.1, 0.15) is 97.8 Å². The molecule has 2 aliphatic rings. The van der Waals surface area contributed by atoms with Gasteiger partial charge >= 0.3 is 0 Å². The van der Waals surface area contributed by atoms with E-state index in [1.165, 1.54) is 13.8 Å². The van der Waals surface area contributed by atoms with Crippen LogP contribution < -0.4 is 0 Å². The fourth-order valence-corrected chi connectivity index (χ4v) is 9.40. The molecular weight excluding hydrogens is 550 g/mol. The highest BCUT2D eigenvalue weighted by molar-refractivity contribution is 7.87. The highest BCUT2D eigenvalue weighted by atomic mass is 32.2. The van der Waals surface area contributed by atoms with Crippen molar-refractivity contribution in [3.05, 3.63) is 0 Å². The molecule has 0 N–H and O–H groups in total. The fourth-order valence-electron chi connectivity index (χ4n) is 4.36. The number of hydrogen-bond acceptors (Lipinski definition) is 10. The van der Waals surface area contributed by atoms with Crippen LogP contribution in [0, 0.1) is 0 Å². The summed E-state index contributed by atoms with van der Waals surface area (Å²) in [5, 5.41) is 0. The van der Waals surface area contributed by atoms with Crippen molar-refractivity contribution in [1.82, 2.24) is 0 Å². The van der Waals surface area contributed by atoms with Gasteiger partial charge in [0.15, 0.2) is 18.9 Å². The van der Waals surface area contributed by atoms with E-state index in [9.17, 15) is 26.0 Å². The molecule has 2 saturated carbocycles. The number of rotatable bonds is 16. The van der Waals surface area contributed by atoms with Crippen molar-refractivity contribution in [3.63, 3.8) is 0 Å². The van der Waals surface area contributed by atoms with Gasteiger partial charge in [0.05, 0.1) is 12.2 Å². The van der Waals surface area contributed by atoms with Crippen LogP contribution in [0.5, 0.6) is 0 Å². The molecule has 5 atom stereocenters. The normalized spacial score (nSPS) is 23.1. The molecule has 0 aliphatic heterocycles. The van der Waals surface area contributed by atoms with Crippen molar-refractivity contribution in [2.75, 3.05) is 12.3 Å². The molecular formula is C22H44O10P2S2. The summed E-state index contributed by atoms with van der Waals surface area (Å²) in [5.41, 5.74) is -2.52. The first-order chi connectivity index (χ1) is 16.9. The third-order valence-corrected chi connectivity index (χ3v) is 13.0. The monoisotopic (exact) mass is 594 g/mol. The standard InChI is InChI=1S/C22H44O10P2S2/c1-18(29-19(2)35(25,26)31-21-12-6-4-7-13-21)33(23)16-10-11-17-34(24)30-20(3)36(27,28)32-22-14-8-5-9-15-22/h18-22,33-34H,4-17H2,1-3H3.